The molecule has 1 saturated heterocycles. The highest BCUT2D eigenvalue weighted by Gasteiger charge is 2.40. The first kappa shape index (κ1) is 35.3. The molecule has 4 amide bonds. The monoisotopic (exact) mass is 711 g/mol. The highest BCUT2D eigenvalue weighted by molar-refractivity contribution is 8.00. The molecular weight excluding hydrogens is 679 g/mol. The van der Waals surface area contributed by atoms with E-state index in [-0.39, 0.29) is 23.9 Å². The summed E-state index contributed by atoms with van der Waals surface area (Å²) < 4.78 is 10.7. The number of methoxy groups -OCH3 is 2. The predicted octanol–water partition coefficient (Wildman–Crippen LogP) is 7.95. The molecule has 52 heavy (non-hydrogen) atoms. The van der Waals surface area contributed by atoms with Crippen molar-refractivity contribution >= 4 is 64.2 Å². The lowest BCUT2D eigenvalue weighted by Gasteiger charge is -2.15. The first-order valence-electron chi connectivity index (χ1n) is 16.1. The largest absolute Gasteiger partial charge is 0.493 e. The van der Waals surface area contributed by atoms with Crippen molar-refractivity contribution in [2.45, 2.75) is 16.6 Å². The smallest absolute Gasteiger partial charge is 0.272 e. The average Bonchev–Trinajstić information content (AvgIpc) is 3.46. The summed E-state index contributed by atoms with van der Waals surface area (Å²) in [5.74, 6) is -0.641. The van der Waals surface area contributed by atoms with Crippen LogP contribution >= 0.6 is 11.8 Å². The lowest BCUT2D eigenvalue weighted by Crippen LogP contribution is -2.31. The van der Waals surface area contributed by atoms with E-state index in [1.54, 1.807) is 103 Å². The number of thioether (sulfide) groups is 1. The third kappa shape index (κ3) is 8.60. The van der Waals surface area contributed by atoms with E-state index in [9.17, 15) is 19.2 Å². The summed E-state index contributed by atoms with van der Waals surface area (Å²) in [6, 6.07) is 36.7. The van der Waals surface area contributed by atoms with Gasteiger partial charge in [0.2, 0.25) is 11.8 Å². The highest BCUT2D eigenvalue weighted by atomic mass is 32.2. The number of imide groups is 1. The first-order valence-corrected chi connectivity index (χ1v) is 17.0. The Morgan fingerprint density at radius 2 is 1.40 bits per heavy atom. The lowest BCUT2D eigenvalue weighted by molar-refractivity contribution is -0.121. The van der Waals surface area contributed by atoms with Gasteiger partial charge in [-0.15, -0.1) is 11.8 Å². The predicted molar refractivity (Wildman–Crippen MR) is 200 cm³/mol. The minimum absolute atomic E-state index is 0.00183. The molecule has 1 fully saturated rings. The number of hydrogen-bond acceptors (Lipinski definition) is 9. The highest BCUT2D eigenvalue weighted by Crippen LogP contribution is 2.35. The average molecular weight is 712 g/mol. The van der Waals surface area contributed by atoms with Crippen LogP contribution < -0.4 is 25.0 Å². The number of benzene rings is 5. The first-order chi connectivity index (χ1) is 25.3. The van der Waals surface area contributed by atoms with Crippen molar-refractivity contribution in [3.63, 3.8) is 0 Å². The maximum absolute atomic E-state index is 13.5. The number of nitrogens with one attached hydrogen (secondary N) is 2. The van der Waals surface area contributed by atoms with E-state index in [1.807, 2.05) is 30.3 Å². The molecule has 0 radical (unpaired) electrons. The molecule has 1 aliphatic rings. The molecule has 2 N–H and O–H groups in total. The van der Waals surface area contributed by atoms with E-state index in [0.717, 1.165) is 4.90 Å². The van der Waals surface area contributed by atoms with Crippen LogP contribution in [0.5, 0.6) is 11.5 Å². The maximum atomic E-state index is 13.5. The second kappa shape index (κ2) is 16.5. The van der Waals surface area contributed by atoms with Gasteiger partial charge in [-0.2, -0.15) is 10.2 Å². The summed E-state index contributed by atoms with van der Waals surface area (Å²) in [5, 5.41) is 13.3. The van der Waals surface area contributed by atoms with Gasteiger partial charge in [0.05, 0.1) is 36.5 Å². The van der Waals surface area contributed by atoms with Crippen LogP contribution in [0.15, 0.2) is 148 Å². The van der Waals surface area contributed by atoms with Crippen molar-refractivity contribution in [3.8, 4) is 11.5 Å². The molecule has 260 valence electrons. The van der Waals surface area contributed by atoms with Crippen LogP contribution in [0.25, 0.3) is 6.08 Å². The summed E-state index contributed by atoms with van der Waals surface area (Å²) >= 11 is 1.27. The van der Waals surface area contributed by atoms with Crippen molar-refractivity contribution in [2.24, 2.45) is 10.2 Å². The molecule has 1 heterocycles. The Kier molecular flexibility index (Phi) is 11.2. The summed E-state index contributed by atoms with van der Waals surface area (Å²) in [6.07, 6.45) is 1.59. The third-order valence-electron chi connectivity index (χ3n) is 7.89. The Hall–Kier alpha value is -6.53. The minimum Gasteiger partial charge on any atom is -0.493 e. The molecule has 1 unspecified atom stereocenters. The second-order valence-electron chi connectivity index (χ2n) is 11.4. The van der Waals surface area contributed by atoms with E-state index in [2.05, 4.69) is 20.9 Å². The van der Waals surface area contributed by atoms with Crippen LogP contribution in [0.4, 0.5) is 22.7 Å². The Bertz CT molecular complexity index is 2140. The zero-order chi connectivity index (χ0) is 36.5. The quantitative estimate of drug-likeness (QED) is 0.0761. The molecule has 1 atom stereocenters. The van der Waals surface area contributed by atoms with Crippen LogP contribution in [-0.2, 0) is 14.4 Å². The van der Waals surface area contributed by atoms with Gasteiger partial charge in [0, 0.05) is 22.6 Å². The van der Waals surface area contributed by atoms with Crippen LogP contribution in [0.3, 0.4) is 0 Å². The molecule has 0 spiro atoms. The normalized spacial score (nSPS) is 14.4. The number of rotatable bonds is 12. The number of hydrogen-bond donors (Lipinski definition) is 2. The van der Waals surface area contributed by atoms with Gasteiger partial charge in [-0.3, -0.25) is 19.2 Å². The number of nitrogens with zero attached hydrogens (tertiary/aromatic N) is 3. The van der Waals surface area contributed by atoms with Crippen LogP contribution in [0, 0.1) is 0 Å². The molecular formula is C40H33N5O6S. The van der Waals surface area contributed by atoms with Gasteiger partial charge in [0.15, 0.2) is 11.5 Å². The lowest BCUT2D eigenvalue weighted by atomic mass is 10.1. The molecule has 1 aliphatic heterocycles. The molecule has 11 nitrogen and oxygen atoms in total. The molecule has 12 heteroatoms. The molecule has 0 bridgehead atoms. The minimum atomic E-state index is -0.616. The molecule has 0 aromatic heterocycles. The van der Waals surface area contributed by atoms with E-state index < -0.39 is 17.1 Å². The SMILES string of the molecule is COc1ccc(/C=C(\NC(=O)c2ccccc2)C(=O)Nc2ccc(SC3CC(=O)N(c4ccc(N=Nc5ccccc5)cc4)C3=O)cc2)cc1OC. The van der Waals surface area contributed by atoms with Crippen LogP contribution in [-0.4, -0.2) is 43.1 Å². The number of carbonyl (C=O) groups excluding carboxylic acids is 4. The number of azo groups is 1. The summed E-state index contributed by atoms with van der Waals surface area (Å²) in [6.45, 7) is 0. The maximum Gasteiger partial charge on any atom is 0.272 e. The van der Waals surface area contributed by atoms with Gasteiger partial charge < -0.3 is 20.1 Å². The van der Waals surface area contributed by atoms with E-state index in [4.69, 9.17) is 9.47 Å². The van der Waals surface area contributed by atoms with Gasteiger partial charge in [-0.25, -0.2) is 4.90 Å². The molecule has 0 aliphatic carbocycles. The van der Waals surface area contributed by atoms with Gasteiger partial charge in [0.25, 0.3) is 11.8 Å². The molecule has 6 rings (SSSR count). The van der Waals surface area contributed by atoms with Crippen LogP contribution in [0.1, 0.15) is 22.3 Å². The van der Waals surface area contributed by atoms with Crippen molar-refractivity contribution in [3.05, 3.63) is 144 Å². The fourth-order valence-corrected chi connectivity index (χ4v) is 6.33. The van der Waals surface area contributed by atoms with Gasteiger partial charge in [0.1, 0.15) is 5.70 Å². The van der Waals surface area contributed by atoms with Gasteiger partial charge >= 0.3 is 0 Å². The fraction of sp³-hybridized carbons (Fsp3) is 0.100. The summed E-state index contributed by atoms with van der Waals surface area (Å²) in [4.78, 5) is 54.8. The van der Waals surface area contributed by atoms with E-state index in [0.29, 0.717) is 45.4 Å². The molecule has 0 saturated carbocycles. The molecule has 5 aromatic rings. The van der Waals surface area contributed by atoms with Gasteiger partial charge in [-0.05, 0) is 96.6 Å². The van der Waals surface area contributed by atoms with Crippen molar-refractivity contribution in [1.29, 1.82) is 0 Å². The fourth-order valence-electron chi connectivity index (χ4n) is 5.28. The number of anilines is 2. The third-order valence-corrected chi connectivity index (χ3v) is 9.09. The van der Waals surface area contributed by atoms with E-state index >= 15 is 0 Å². The second-order valence-corrected chi connectivity index (χ2v) is 12.7. The van der Waals surface area contributed by atoms with Crippen molar-refractivity contribution < 1.29 is 28.7 Å². The van der Waals surface area contributed by atoms with Gasteiger partial charge in [-0.1, -0.05) is 42.5 Å². The van der Waals surface area contributed by atoms with Crippen molar-refractivity contribution in [1.82, 2.24) is 5.32 Å². The topological polar surface area (TPSA) is 139 Å². The Morgan fingerprint density at radius 3 is 2.06 bits per heavy atom. The zero-order valence-corrected chi connectivity index (χ0v) is 29.0. The number of carbonyl (C=O) groups is 4. The number of amides is 4. The van der Waals surface area contributed by atoms with Crippen LogP contribution in [0.2, 0.25) is 0 Å². The summed E-state index contributed by atoms with van der Waals surface area (Å²) in [7, 11) is 3.04. The van der Waals surface area contributed by atoms with Crippen molar-refractivity contribution in [2.75, 3.05) is 24.4 Å². The Labute approximate surface area is 304 Å². The number of ether oxygens (including phenoxy) is 2. The Morgan fingerprint density at radius 1 is 0.769 bits per heavy atom. The molecule has 5 aromatic carbocycles. The standard InChI is InChI=1S/C40H33N5O6S/c1-50-34-22-13-26(24-35(34)51-2)23-33(42-38(47)27-9-5-3-6-10-27)39(48)41-28-16-20-32(21-17-28)52-36-25-37(46)45(40(36)49)31-18-14-30(15-19-31)44-43-29-11-7-4-8-12-29/h3-24,36H,25H2,1-2H3,(H,41,48)(H,42,47)/b33-23-,44-43?. The zero-order valence-electron chi connectivity index (χ0n) is 28.2. The summed E-state index contributed by atoms with van der Waals surface area (Å²) in [5.41, 5.74) is 3.21. The Balaban J connectivity index is 1.12. The van der Waals surface area contributed by atoms with E-state index in [1.165, 1.54) is 30.9 Å².